The molecular formula is C24H22O6. The van der Waals surface area contributed by atoms with Crippen molar-refractivity contribution in [3.63, 3.8) is 0 Å². The number of hydrogen-bond donors (Lipinski definition) is 0. The summed E-state index contributed by atoms with van der Waals surface area (Å²) in [5.41, 5.74) is 1.43. The fourth-order valence-corrected chi connectivity index (χ4v) is 2.70. The summed E-state index contributed by atoms with van der Waals surface area (Å²) in [7, 11) is 1.29. The van der Waals surface area contributed by atoms with Crippen LogP contribution in [0, 0.1) is 0 Å². The van der Waals surface area contributed by atoms with E-state index in [9.17, 15) is 9.59 Å². The predicted octanol–water partition coefficient (Wildman–Crippen LogP) is 4.94. The number of carbonyl (C=O) groups is 2. The van der Waals surface area contributed by atoms with Crippen molar-refractivity contribution in [2.24, 2.45) is 0 Å². The number of ketones is 1. The second-order valence-corrected chi connectivity index (χ2v) is 6.25. The van der Waals surface area contributed by atoms with Crippen molar-refractivity contribution in [1.82, 2.24) is 0 Å². The van der Waals surface area contributed by atoms with E-state index in [-0.39, 0.29) is 18.2 Å². The third kappa shape index (κ3) is 5.38. The Bertz CT molecular complexity index is 1030. The van der Waals surface area contributed by atoms with E-state index in [4.69, 9.17) is 13.9 Å². The standard InChI is InChI=1S/C24H22O6/c1-3-28-23-15-17(9-12-20(25)18-7-5-4-6-8-18)10-13-21(23)29-16-19-11-14-22(30-19)24(26)27-2/h4-15H,3,16H2,1-2H3/b12-9+. The van der Waals surface area contributed by atoms with Gasteiger partial charge in [0, 0.05) is 5.56 Å². The first-order valence-electron chi connectivity index (χ1n) is 9.45. The van der Waals surface area contributed by atoms with Gasteiger partial charge in [-0.3, -0.25) is 4.79 Å². The molecule has 154 valence electrons. The molecule has 2 aromatic carbocycles. The largest absolute Gasteiger partial charge is 0.490 e. The highest BCUT2D eigenvalue weighted by Crippen LogP contribution is 2.30. The van der Waals surface area contributed by atoms with E-state index < -0.39 is 5.97 Å². The number of carbonyl (C=O) groups excluding carboxylic acids is 2. The van der Waals surface area contributed by atoms with Gasteiger partial charge in [0.25, 0.3) is 0 Å². The molecule has 0 radical (unpaired) electrons. The number of rotatable bonds is 9. The van der Waals surface area contributed by atoms with Crippen molar-refractivity contribution in [2.45, 2.75) is 13.5 Å². The lowest BCUT2D eigenvalue weighted by Gasteiger charge is -2.12. The fourth-order valence-electron chi connectivity index (χ4n) is 2.70. The summed E-state index contributed by atoms with van der Waals surface area (Å²) in [5, 5.41) is 0. The van der Waals surface area contributed by atoms with Crippen LogP contribution in [0.15, 0.2) is 71.2 Å². The molecule has 3 aromatic rings. The number of esters is 1. The molecule has 0 fully saturated rings. The van der Waals surface area contributed by atoms with E-state index in [0.717, 1.165) is 5.56 Å². The topological polar surface area (TPSA) is 75.0 Å². The molecular weight excluding hydrogens is 384 g/mol. The SMILES string of the molecule is CCOc1cc(/C=C/C(=O)c2ccccc2)ccc1OCc1ccc(C(=O)OC)o1. The predicted molar refractivity (Wildman–Crippen MR) is 112 cm³/mol. The van der Waals surface area contributed by atoms with Crippen LogP contribution in [0.25, 0.3) is 6.08 Å². The highest BCUT2D eigenvalue weighted by atomic mass is 16.5. The Morgan fingerprint density at radius 2 is 1.77 bits per heavy atom. The number of ether oxygens (including phenoxy) is 3. The highest BCUT2D eigenvalue weighted by molar-refractivity contribution is 6.06. The highest BCUT2D eigenvalue weighted by Gasteiger charge is 2.12. The summed E-state index contributed by atoms with van der Waals surface area (Å²) in [6.45, 7) is 2.46. The molecule has 30 heavy (non-hydrogen) atoms. The van der Waals surface area contributed by atoms with Crippen LogP contribution in [0.4, 0.5) is 0 Å². The molecule has 0 amide bonds. The minimum atomic E-state index is -0.544. The van der Waals surface area contributed by atoms with Crippen molar-refractivity contribution in [2.75, 3.05) is 13.7 Å². The second kappa shape index (κ2) is 10.1. The average Bonchev–Trinajstić information content (AvgIpc) is 3.26. The maximum Gasteiger partial charge on any atom is 0.373 e. The Morgan fingerprint density at radius 1 is 0.967 bits per heavy atom. The van der Waals surface area contributed by atoms with Gasteiger partial charge < -0.3 is 18.6 Å². The maximum absolute atomic E-state index is 12.2. The van der Waals surface area contributed by atoms with Gasteiger partial charge in [-0.1, -0.05) is 42.5 Å². The normalized spacial score (nSPS) is 10.7. The maximum atomic E-state index is 12.2. The molecule has 3 rings (SSSR count). The molecule has 6 nitrogen and oxygen atoms in total. The fraction of sp³-hybridized carbons (Fsp3) is 0.167. The van der Waals surface area contributed by atoms with Crippen LogP contribution in [0.5, 0.6) is 11.5 Å². The number of furan rings is 1. The van der Waals surface area contributed by atoms with Crippen LogP contribution in [0.3, 0.4) is 0 Å². The quantitative estimate of drug-likeness (QED) is 0.285. The van der Waals surface area contributed by atoms with Crippen LogP contribution in [-0.4, -0.2) is 25.5 Å². The second-order valence-electron chi connectivity index (χ2n) is 6.25. The first-order valence-corrected chi connectivity index (χ1v) is 9.45. The molecule has 0 bridgehead atoms. The van der Waals surface area contributed by atoms with Gasteiger partial charge in [-0.05, 0) is 42.8 Å². The minimum absolute atomic E-state index is 0.0758. The molecule has 0 spiro atoms. The van der Waals surface area contributed by atoms with Crippen LogP contribution >= 0.6 is 0 Å². The molecule has 0 saturated carbocycles. The minimum Gasteiger partial charge on any atom is -0.490 e. The molecule has 0 aliphatic heterocycles. The molecule has 0 aliphatic rings. The molecule has 1 heterocycles. The van der Waals surface area contributed by atoms with Gasteiger partial charge in [0.15, 0.2) is 17.3 Å². The van der Waals surface area contributed by atoms with Crippen LogP contribution in [0.2, 0.25) is 0 Å². The number of hydrogen-bond acceptors (Lipinski definition) is 6. The lowest BCUT2D eigenvalue weighted by atomic mass is 10.1. The number of methoxy groups -OCH3 is 1. The Balaban J connectivity index is 1.70. The van der Waals surface area contributed by atoms with Crippen molar-refractivity contribution in [3.8, 4) is 11.5 Å². The smallest absolute Gasteiger partial charge is 0.373 e. The van der Waals surface area contributed by atoms with E-state index in [1.807, 2.05) is 31.2 Å². The van der Waals surface area contributed by atoms with Crippen LogP contribution in [0.1, 0.15) is 39.2 Å². The zero-order valence-electron chi connectivity index (χ0n) is 16.8. The van der Waals surface area contributed by atoms with Gasteiger partial charge >= 0.3 is 5.97 Å². The van der Waals surface area contributed by atoms with Crippen LogP contribution < -0.4 is 9.47 Å². The van der Waals surface area contributed by atoms with Crippen molar-refractivity contribution >= 4 is 17.8 Å². The Morgan fingerprint density at radius 3 is 2.50 bits per heavy atom. The van der Waals surface area contributed by atoms with E-state index in [1.54, 1.807) is 36.4 Å². The number of benzene rings is 2. The molecule has 1 aromatic heterocycles. The molecule has 0 aliphatic carbocycles. The first kappa shape index (κ1) is 20.9. The Labute approximate surface area is 174 Å². The summed E-state index contributed by atoms with van der Waals surface area (Å²) in [6, 6.07) is 17.6. The molecule has 6 heteroatoms. The molecule has 0 N–H and O–H groups in total. The first-order chi connectivity index (χ1) is 14.6. The molecule has 0 atom stereocenters. The van der Waals surface area contributed by atoms with E-state index >= 15 is 0 Å². The van der Waals surface area contributed by atoms with Crippen molar-refractivity contribution < 1.29 is 28.2 Å². The average molecular weight is 406 g/mol. The summed E-state index contributed by atoms with van der Waals surface area (Å²) < 4.78 is 21.5. The Hall–Kier alpha value is -3.80. The zero-order valence-corrected chi connectivity index (χ0v) is 16.8. The monoisotopic (exact) mass is 406 g/mol. The van der Waals surface area contributed by atoms with Gasteiger partial charge in [-0.2, -0.15) is 0 Å². The Kier molecular flexibility index (Phi) is 7.05. The summed E-state index contributed by atoms with van der Waals surface area (Å²) in [4.78, 5) is 23.7. The van der Waals surface area contributed by atoms with Gasteiger partial charge in [0.05, 0.1) is 13.7 Å². The van der Waals surface area contributed by atoms with Gasteiger partial charge in [0.1, 0.15) is 12.4 Å². The van der Waals surface area contributed by atoms with Gasteiger partial charge in [-0.15, -0.1) is 0 Å². The zero-order chi connectivity index (χ0) is 21.3. The van der Waals surface area contributed by atoms with Crippen molar-refractivity contribution in [1.29, 1.82) is 0 Å². The lowest BCUT2D eigenvalue weighted by Crippen LogP contribution is -2.00. The summed E-state index contributed by atoms with van der Waals surface area (Å²) >= 11 is 0. The molecule has 0 saturated heterocycles. The van der Waals surface area contributed by atoms with Gasteiger partial charge in [0.2, 0.25) is 5.76 Å². The van der Waals surface area contributed by atoms with E-state index in [0.29, 0.717) is 29.4 Å². The summed E-state index contributed by atoms with van der Waals surface area (Å²) in [5.74, 6) is 1.05. The van der Waals surface area contributed by atoms with Crippen molar-refractivity contribution in [3.05, 3.63) is 89.4 Å². The van der Waals surface area contributed by atoms with E-state index in [1.165, 1.54) is 19.3 Å². The van der Waals surface area contributed by atoms with Crippen LogP contribution in [-0.2, 0) is 11.3 Å². The van der Waals surface area contributed by atoms with Gasteiger partial charge in [-0.25, -0.2) is 4.79 Å². The lowest BCUT2D eigenvalue weighted by molar-refractivity contribution is 0.0560. The number of allylic oxidation sites excluding steroid dienone is 1. The summed E-state index contributed by atoms with van der Waals surface area (Å²) in [6.07, 6.45) is 3.26. The molecule has 0 unspecified atom stereocenters. The third-order valence-electron chi connectivity index (χ3n) is 4.17. The van der Waals surface area contributed by atoms with E-state index in [2.05, 4.69) is 4.74 Å². The third-order valence-corrected chi connectivity index (χ3v) is 4.17.